The molecule has 86 valence electrons. The molecule has 0 fully saturated rings. The van der Waals surface area contributed by atoms with E-state index < -0.39 is 0 Å². The largest absolute Gasteiger partial charge is 0.495 e. The second-order valence-corrected chi connectivity index (χ2v) is 3.71. The van der Waals surface area contributed by atoms with Gasteiger partial charge in [0.05, 0.1) is 12.8 Å². The number of hydrogen-bond donors (Lipinski definition) is 1. The Labute approximate surface area is 101 Å². The number of rotatable bonds is 3. The van der Waals surface area contributed by atoms with Crippen LogP contribution in [-0.2, 0) is 0 Å². The van der Waals surface area contributed by atoms with Crippen LogP contribution in [0.5, 0.6) is 5.75 Å². The average molecular weight is 225 g/mol. The van der Waals surface area contributed by atoms with E-state index in [1.807, 2.05) is 60.7 Å². The highest BCUT2D eigenvalue weighted by atomic mass is 16.5. The van der Waals surface area contributed by atoms with Crippen LogP contribution in [0.25, 0.3) is 12.2 Å². The summed E-state index contributed by atoms with van der Waals surface area (Å²) in [6, 6.07) is 15.9. The number of ether oxygens (including phenoxy) is 1. The van der Waals surface area contributed by atoms with Crippen LogP contribution in [-0.4, -0.2) is 7.11 Å². The summed E-state index contributed by atoms with van der Waals surface area (Å²) in [6.07, 6.45) is 4.03. The summed E-state index contributed by atoms with van der Waals surface area (Å²) in [4.78, 5) is 0. The third kappa shape index (κ3) is 2.67. The third-order valence-electron chi connectivity index (χ3n) is 2.57. The van der Waals surface area contributed by atoms with Gasteiger partial charge < -0.3 is 10.5 Å². The van der Waals surface area contributed by atoms with Crippen molar-refractivity contribution in [3.05, 3.63) is 59.7 Å². The minimum absolute atomic E-state index is 0.669. The Morgan fingerprint density at radius 3 is 2.41 bits per heavy atom. The van der Waals surface area contributed by atoms with Gasteiger partial charge in [0.2, 0.25) is 0 Å². The number of nitrogens with two attached hydrogens (primary N) is 1. The summed E-state index contributed by atoms with van der Waals surface area (Å²) in [5.74, 6) is 0.709. The van der Waals surface area contributed by atoms with Gasteiger partial charge in [-0.3, -0.25) is 0 Å². The smallest absolute Gasteiger partial charge is 0.142 e. The van der Waals surface area contributed by atoms with Crippen molar-refractivity contribution in [3.63, 3.8) is 0 Å². The molecule has 2 nitrogen and oxygen atoms in total. The molecular weight excluding hydrogens is 210 g/mol. The molecule has 0 spiro atoms. The van der Waals surface area contributed by atoms with E-state index in [9.17, 15) is 0 Å². The number of para-hydroxylation sites is 1. The van der Waals surface area contributed by atoms with Gasteiger partial charge in [0, 0.05) is 5.56 Å². The Kier molecular flexibility index (Phi) is 3.46. The van der Waals surface area contributed by atoms with Gasteiger partial charge in [0.15, 0.2) is 0 Å². The molecule has 0 saturated heterocycles. The Morgan fingerprint density at radius 1 is 0.941 bits per heavy atom. The number of nitrogen functional groups attached to an aromatic ring is 1. The van der Waals surface area contributed by atoms with Crippen molar-refractivity contribution in [2.24, 2.45) is 0 Å². The molecule has 0 aliphatic heterocycles. The lowest BCUT2D eigenvalue weighted by Crippen LogP contribution is -1.94. The molecule has 0 amide bonds. The van der Waals surface area contributed by atoms with Gasteiger partial charge in [-0.1, -0.05) is 54.6 Å². The first-order chi connectivity index (χ1) is 8.31. The Morgan fingerprint density at radius 2 is 1.71 bits per heavy atom. The van der Waals surface area contributed by atoms with Crippen LogP contribution in [0.4, 0.5) is 5.69 Å². The highest BCUT2D eigenvalue weighted by Gasteiger charge is 2.01. The quantitative estimate of drug-likeness (QED) is 0.641. The van der Waals surface area contributed by atoms with E-state index in [2.05, 4.69) is 0 Å². The summed E-state index contributed by atoms with van der Waals surface area (Å²) >= 11 is 0. The van der Waals surface area contributed by atoms with Crippen LogP contribution in [0.15, 0.2) is 48.5 Å². The van der Waals surface area contributed by atoms with Crippen molar-refractivity contribution in [1.82, 2.24) is 0 Å². The highest BCUT2D eigenvalue weighted by Crippen LogP contribution is 2.26. The van der Waals surface area contributed by atoms with Crippen LogP contribution in [0.1, 0.15) is 11.1 Å². The fourth-order valence-corrected chi connectivity index (χ4v) is 1.63. The van der Waals surface area contributed by atoms with E-state index in [4.69, 9.17) is 10.5 Å². The van der Waals surface area contributed by atoms with Gasteiger partial charge >= 0.3 is 0 Å². The zero-order valence-corrected chi connectivity index (χ0v) is 9.76. The zero-order chi connectivity index (χ0) is 12.1. The maximum Gasteiger partial charge on any atom is 0.142 e. The van der Waals surface area contributed by atoms with E-state index >= 15 is 0 Å². The molecule has 2 heteroatoms. The van der Waals surface area contributed by atoms with Crippen molar-refractivity contribution in [1.29, 1.82) is 0 Å². The molecule has 0 heterocycles. The monoisotopic (exact) mass is 225 g/mol. The molecule has 0 saturated carbocycles. The fourth-order valence-electron chi connectivity index (χ4n) is 1.63. The van der Waals surface area contributed by atoms with Crippen molar-refractivity contribution in [2.45, 2.75) is 0 Å². The first kappa shape index (κ1) is 11.3. The van der Waals surface area contributed by atoms with Crippen LogP contribution >= 0.6 is 0 Å². The van der Waals surface area contributed by atoms with E-state index in [1.54, 1.807) is 7.11 Å². The van der Waals surface area contributed by atoms with Gasteiger partial charge in [-0.05, 0) is 11.6 Å². The van der Waals surface area contributed by atoms with E-state index in [0.29, 0.717) is 11.4 Å². The molecule has 0 aromatic heterocycles. The van der Waals surface area contributed by atoms with E-state index in [-0.39, 0.29) is 0 Å². The molecule has 0 aliphatic carbocycles. The van der Waals surface area contributed by atoms with E-state index in [1.165, 1.54) is 0 Å². The topological polar surface area (TPSA) is 35.2 Å². The molecule has 0 aliphatic rings. The molecule has 0 atom stereocenters. The fraction of sp³-hybridized carbons (Fsp3) is 0.0667. The average Bonchev–Trinajstić information content (AvgIpc) is 2.39. The highest BCUT2D eigenvalue weighted by molar-refractivity contribution is 5.78. The number of hydrogen-bond acceptors (Lipinski definition) is 2. The van der Waals surface area contributed by atoms with Crippen molar-refractivity contribution >= 4 is 17.8 Å². The van der Waals surface area contributed by atoms with Gasteiger partial charge in [0.25, 0.3) is 0 Å². The lowest BCUT2D eigenvalue weighted by atomic mass is 10.1. The normalized spacial score (nSPS) is 10.6. The minimum atomic E-state index is 0.669. The standard InChI is InChI=1S/C15H15NO/c1-17-14-9-5-8-13(15(14)16)11-10-12-6-3-2-4-7-12/h2-11H,16H2,1H3. The van der Waals surface area contributed by atoms with Gasteiger partial charge in [-0.15, -0.1) is 0 Å². The van der Waals surface area contributed by atoms with Crippen LogP contribution in [0.3, 0.4) is 0 Å². The molecule has 2 aromatic rings. The van der Waals surface area contributed by atoms with Crippen molar-refractivity contribution in [3.8, 4) is 5.75 Å². The molecule has 0 bridgehead atoms. The Hall–Kier alpha value is -2.22. The van der Waals surface area contributed by atoms with Crippen LogP contribution in [0, 0.1) is 0 Å². The maximum atomic E-state index is 5.98. The molecule has 2 aromatic carbocycles. The first-order valence-corrected chi connectivity index (χ1v) is 5.47. The first-order valence-electron chi connectivity index (χ1n) is 5.47. The number of anilines is 1. The van der Waals surface area contributed by atoms with Crippen LogP contribution in [0.2, 0.25) is 0 Å². The minimum Gasteiger partial charge on any atom is -0.495 e. The lowest BCUT2D eigenvalue weighted by molar-refractivity contribution is 0.417. The summed E-state index contributed by atoms with van der Waals surface area (Å²) in [5.41, 5.74) is 8.76. The second kappa shape index (κ2) is 5.21. The van der Waals surface area contributed by atoms with Crippen molar-refractivity contribution in [2.75, 3.05) is 12.8 Å². The summed E-state index contributed by atoms with van der Waals surface area (Å²) in [6.45, 7) is 0. The third-order valence-corrected chi connectivity index (χ3v) is 2.57. The Bertz CT molecular complexity index is 518. The predicted molar refractivity (Wildman–Crippen MR) is 72.8 cm³/mol. The molecule has 2 N–H and O–H groups in total. The summed E-state index contributed by atoms with van der Waals surface area (Å²) in [7, 11) is 1.62. The maximum absolute atomic E-state index is 5.98. The molecule has 2 rings (SSSR count). The zero-order valence-electron chi connectivity index (χ0n) is 9.76. The molecule has 0 radical (unpaired) electrons. The van der Waals surface area contributed by atoms with Crippen molar-refractivity contribution < 1.29 is 4.74 Å². The SMILES string of the molecule is COc1cccc(C=Cc2ccccc2)c1N. The Balaban J connectivity index is 2.28. The molecule has 17 heavy (non-hydrogen) atoms. The number of methoxy groups -OCH3 is 1. The van der Waals surface area contributed by atoms with Gasteiger partial charge in [-0.25, -0.2) is 0 Å². The molecule has 0 unspecified atom stereocenters. The lowest BCUT2D eigenvalue weighted by Gasteiger charge is -2.06. The van der Waals surface area contributed by atoms with Crippen LogP contribution < -0.4 is 10.5 Å². The molecular formula is C15H15NO. The summed E-state index contributed by atoms with van der Waals surface area (Å²) < 4.78 is 5.18. The summed E-state index contributed by atoms with van der Waals surface area (Å²) in [5, 5.41) is 0. The number of benzene rings is 2. The second-order valence-electron chi connectivity index (χ2n) is 3.71. The van der Waals surface area contributed by atoms with Gasteiger partial charge in [0.1, 0.15) is 5.75 Å². The predicted octanol–water partition coefficient (Wildman–Crippen LogP) is 3.45. The van der Waals surface area contributed by atoms with E-state index in [0.717, 1.165) is 11.1 Å². The van der Waals surface area contributed by atoms with Gasteiger partial charge in [-0.2, -0.15) is 0 Å².